The van der Waals surface area contributed by atoms with Crippen molar-refractivity contribution in [3.8, 4) is 5.75 Å². The lowest BCUT2D eigenvalue weighted by molar-refractivity contribution is -0.385. The van der Waals surface area contributed by atoms with Crippen LogP contribution >= 0.6 is 0 Å². The second kappa shape index (κ2) is 9.97. The quantitative estimate of drug-likeness (QED) is 0.179. The Morgan fingerprint density at radius 3 is 2.20 bits per heavy atom. The first kappa shape index (κ1) is 20.7. The number of carbonyl (C=O) groups is 2. The minimum Gasteiger partial charge on any atom is -0.462 e. The standard InChI is InChI=1S/C23H19NO6/c25-22(29-16-6-9-17-7-2-1-3-8-17)18-12-14-19(15-13-18)30-23(26)20-10-4-5-11-21(20)24(27)28/h1-5,7-8,10-15H,6,9,16H2. The molecular formula is C23H19NO6. The van der Waals surface area contributed by atoms with Crippen LogP contribution in [0.2, 0.25) is 0 Å². The van der Waals surface area contributed by atoms with Gasteiger partial charge in [-0.2, -0.15) is 0 Å². The summed E-state index contributed by atoms with van der Waals surface area (Å²) in [5.74, 6) is -1.16. The highest BCUT2D eigenvalue weighted by Crippen LogP contribution is 2.21. The predicted octanol–water partition coefficient (Wildman–Crippen LogP) is 4.60. The SMILES string of the molecule is O=C(OCCCc1ccccc1)c1ccc(OC(=O)c2ccccc2[N+](=O)[O-])cc1. The van der Waals surface area contributed by atoms with E-state index in [0.717, 1.165) is 6.42 Å². The molecule has 152 valence electrons. The molecule has 0 atom stereocenters. The fraction of sp³-hybridized carbons (Fsp3) is 0.130. The van der Waals surface area contributed by atoms with Gasteiger partial charge < -0.3 is 9.47 Å². The minimum absolute atomic E-state index is 0.149. The number of para-hydroxylation sites is 1. The van der Waals surface area contributed by atoms with Crippen molar-refractivity contribution in [2.45, 2.75) is 12.8 Å². The first-order valence-electron chi connectivity index (χ1n) is 9.31. The number of nitrogens with zero attached hydrogens (tertiary/aromatic N) is 1. The zero-order chi connectivity index (χ0) is 21.3. The van der Waals surface area contributed by atoms with E-state index in [-0.39, 0.29) is 17.0 Å². The average Bonchev–Trinajstić information content (AvgIpc) is 2.77. The van der Waals surface area contributed by atoms with Crippen molar-refractivity contribution in [3.05, 3.63) is 106 Å². The van der Waals surface area contributed by atoms with Gasteiger partial charge in [0, 0.05) is 6.07 Å². The van der Waals surface area contributed by atoms with Gasteiger partial charge in [-0.3, -0.25) is 10.1 Å². The molecule has 0 aromatic heterocycles. The van der Waals surface area contributed by atoms with Crippen LogP contribution in [0.4, 0.5) is 5.69 Å². The lowest BCUT2D eigenvalue weighted by Gasteiger charge is -2.07. The summed E-state index contributed by atoms with van der Waals surface area (Å²) in [6, 6.07) is 21.3. The number of nitro groups is 1. The van der Waals surface area contributed by atoms with Gasteiger partial charge >= 0.3 is 11.9 Å². The van der Waals surface area contributed by atoms with Crippen LogP contribution < -0.4 is 4.74 Å². The highest BCUT2D eigenvalue weighted by molar-refractivity contribution is 5.95. The Labute approximate surface area is 173 Å². The molecule has 0 aliphatic heterocycles. The number of hydrogen-bond donors (Lipinski definition) is 0. The van der Waals surface area contributed by atoms with Crippen LogP contribution in [0.25, 0.3) is 0 Å². The Morgan fingerprint density at radius 2 is 1.50 bits per heavy atom. The lowest BCUT2D eigenvalue weighted by Crippen LogP contribution is -2.11. The first-order chi connectivity index (χ1) is 14.5. The molecule has 3 rings (SSSR count). The summed E-state index contributed by atoms with van der Waals surface area (Å²) < 4.78 is 10.4. The molecule has 0 N–H and O–H groups in total. The normalized spacial score (nSPS) is 10.3. The monoisotopic (exact) mass is 405 g/mol. The van der Waals surface area contributed by atoms with E-state index in [1.807, 2.05) is 30.3 Å². The maximum absolute atomic E-state index is 12.2. The van der Waals surface area contributed by atoms with Crippen molar-refractivity contribution in [2.75, 3.05) is 6.61 Å². The van der Waals surface area contributed by atoms with Crippen LogP contribution in [0.5, 0.6) is 5.75 Å². The van der Waals surface area contributed by atoms with E-state index in [2.05, 4.69) is 0 Å². The van der Waals surface area contributed by atoms with E-state index in [9.17, 15) is 19.7 Å². The zero-order valence-electron chi connectivity index (χ0n) is 16.0. The van der Waals surface area contributed by atoms with E-state index in [1.165, 1.54) is 54.1 Å². The maximum Gasteiger partial charge on any atom is 0.350 e. The minimum atomic E-state index is -0.849. The number of benzene rings is 3. The Hall–Kier alpha value is -4.00. The highest BCUT2D eigenvalue weighted by atomic mass is 16.6. The molecule has 0 saturated carbocycles. The van der Waals surface area contributed by atoms with Crippen LogP contribution in [0, 0.1) is 10.1 Å². The van der Waals surface area contributed by atoms with Crippen molar-refractivity contribution in [1.82, 2.24) is 0 Å². The summed E-state index contributed by atoms with van der Waals surface area (Å²) in [7, 11) is 0. The van der Waals surface area contributed by atoms with E-state index in [0.29, 0.717) is 18.6 Å². The van der Waals surface area contributed by atoms with Crippen molar-refractivity contribution in [3.63, 3.8) is 0 Å². The Morgan fingerprint density at radius 1 is 0.833 bits per heavy atom. The molecular weight excluding hydrogens is 386 g/mol. The third-order valence-corrected chi connectivity index (χ3v) is 4.31. The molecule has 7 heteroatoms. The fourth-order valence-electron chi connectivity index (χ4n) is 2.80. The van der Waals surface area contributed by atoms with Gasteiger partial charge in [0.1, 0.15) is 11.3 Å². The number of rotatable bonds is 8. The molecule has 0 amide bonds. The maximum atomic E-state index is 12.2. The van der Waals surface area contributed by atoms with Crippen LogP contribution in [0.15, 0.2) is 78.9 Å². The Balaban J connectivity index is 1.52. The Bertz CT molecular complexity index is 1030. The molecule has 7 nitrogen and oxygen atoms in total. The summed E-state index contributed by atoms with van der Waals surface area (Å²) in [5.41, 5.74) is 1.01. The van der Waals surface area contributed by atoms with Gasteiger partial charge in [0.15, 0.2) is 0 Å². The van der Waals surface area contributed by atoms with Gasteiger partial charge in [0.25, 0.3) is 5.69 Å². The van der Waals surface area contributed by atoms with E-state index >= 15 is 0 Å². The summed E-state index contributed by atoms with van der Waals surface area (Å²) in [5, 5.41) is 11.0. The molecule has 0 unspecified atom stereocenters. The van der Waals surface area contributed by atoms with Crippen molar-refractivity contribution in [2.24, 2.45) is 0 Å². The number of aryl methyl sites for hydroxylation is 1. The number of carbonyl (C=O) groups excluding carboxylic acids is 2. The summed E-state index contributed by atoms with van der Waals surface area (Å²) in [6.45, 7) is 0.294. The smallest absolute Gasteiger partial charge is 0.350 e. The van der Waals surface area contributed by atoms with Crippen LogP contribution in [0.3, 0.4) is 0 Å². The Kier molecular flexibility index (Phi) is 6.89. The third-order valence-electron chi connectivity index (χ3n) is 4.31. The molecule has 30 heavy (non-hydrogen) atoms. The molecule has 0 aliphatic rings. The predicted molar refractivity (Wildman–Crippen MR) is 110 cm³/mol. The molecule has 0 aliphatic carbocycles. The van der Waals surface area contributed by atoms with Gasteiger partial charge in [0.05, 0.1) is 17.1 Å². The van der Waals surface area contributed by atoms with Crippen molar-refractivity contribution in [1.29, 1.82) is 0 Å². The fourth-order valence-corrected chi connectivity index (χ4v) is 2.80. The summed E-state index contributed by atoms with van der Waals surface area (Å²) >= 11 is 0. The van der Waals surface area contributed by atoms with E-state index < -0.39 is 16.9 Å². The van der Waals surface area contributed by atoms with Gasteiger partial charge in [0.2, 0.25) is 0 Å². The molecule has 0 saturated heterocycles. The zero-order valence-corrected chi connectivity index (χ0v) is 16.0. The second-order valence-electron chi connectivity index (χ2n) is 6.41. The first-order valence-corrected chi connectivity index (χ1v) is 9.31. The molecule has 0 radical (unpaired) electrons. The lowest BCUT2D eigenvalue weighted by atomic mass is 10.1. The van der Waals surface area contributed by atoms with Gasteiger partial charge in [-0.15, -0.1) is 0 Å². The van der Waals surface area contributed by atoms with Gasteiger partial charge in [-0.1, -0.05) is 42.5 Å². The highest BCUT2D eigenvalue weighted by Gasteiger charge is 2.21. The molecule has 0 fully saturated rings. The summed E-state index contributed by atoms with van der Waals surface area (Å²) in [6.07, 6.45) is 1.52. The molecule has 0 spiro atoms. The number of nitro benzene ring substituents is 1. The van der Waals surface area contributed by atoms with E-state index in [1.54, 1.807) is 0 Å². The number of hydrogen-bond acceptors (Lipinski definition) is 6. The van der Waals surface area contributed by atoms with Gasteiger partial charge in [-0.25, -0.2) is 9.59 Å². The molecule has 0 heterocycles. The van der Waals surface area contributed by atoms with Gasteiger partial charge in [-0.05, 0) is 48.7 Å². The molecule has 0 bridgehead atoms. The summed E-state index contributed by atoms with van der Waals surface area (Å²) in [4.78, 5) is 34.7. The topological polar surface area (TPSA) is 95.7 Å². The van der Waals surface area contributed by atoms with Crippen LogP contribution in [0.1, 0.15) is 32.7 Å². The number of esters is 2. The second-order valence-corrected chi connectivity index (χ2v) is 6.41. The number of ether oxygens (including phenoxy) is 2. The van der Waals surface area contributed by atoms with Crippen LogP contribution in [-0.2, 0) is 11.2 Å². The largest absolute Gasteiger partial charge is 0.462 e. The average molecular weight is 405 g/mol. The molecule has 3 aromatic rings. The van der Waals surface area contributed by atoms with E-state index in [4.69, 9.17) is 9.47 Å². The van der Waals surface area contributed by atoms with Crippen molar-refractivity contribution < 1.29 is 24.0 Å². The van der Waals surface area contributed by atoms with Crippen LogP contribution in [-0.4, -0.2) is 23.5 Å². The van der Waals surface area contributed by atoms with Crippen molar-refractivity contribution >= 4 is 17.6 Å². The third kappa shape index (κ3) is 5.51. The molecule has 3 aromatic carbocycles.